The number of nitriles is 1. The second kappa shape index (κ2) is 9.65. The number of nitro groups is 1. The Balaban J connectivity index is 1.88. The SMILES string of the molecule is Cc1ccc(C)c(NC(=O)/C(C#N)=C\c2ccc(Sc3ncccn3)c([N+](=O)[O-])c2)c1. The molecule has 31 heavy (non-hydrogen) atoms. The summed E-state index contributed by atoms with van der Waals surface area (Å²) in [6, 6.07) is 13.6. The smallest absolute Gasteiger partial charge is 0.283 e. The van der Waals surface area contributed by atoms with Gasteiger partial charge >= 0.3 is 0 Å². The lowest BCUT2D eigenvalue weighted by Gasteiger charge is -2.09. The zero-order valence-corrected chi connectivity index (χ0v) is 17.5. The summed E-state index contributed by atoms with van der Waals surface area (Å²) in [5.74, 6) is -0.588. The molecule has 1 aromatic heterocycles. The van der Waals surface area contributed by atoms with E-state index in [-0.39, 0.29) is 11.3 Å². The molecule has 0 aliphatic heterocycles. The normalized spacial score (nSPS) is 10.9. The molecule has 0 bridgehead atoms. The number of carbonyl (C=O) groups is 1. The number of aryl methyl sites for hydroxylation is 2. The van der Waals surface area contributed by atoms with E-state index in [0.717, 1.165) is 22.9 Å². The highest BCUT2D eigenvalue weighted by molar-refractivity contribution is 7.99. The van der Waals surface area contributed by atoms with Gasteiger partial charge in [0.2, 0.25) is 0 Å². The monoisotopic (exact) mass is 431 g/mol. The number of rotatable bonds is 6. The molecule has 0 saturated carbocycles. The Hall–Kier alpha value is -4.03. The maximum Gasteiger partial charge on any atom is 0.283 e. The summed E-state index contributed by atoms with van der Waals surface area (Å²) in [4.78, 5) is 32.1. The van der Waals surface area contributed by atoms with Crippen molar-refractivity contribution in [3.05, 3.63) is 87.2 Å². The van der Waals surface area contributed by atoms with Crippen LogP contribution < -0.4 is 5.32 Å². The van der Waals surface area contributed by atoms with Gasteiger partial charge in [0.15, 0.2) is 5.16 Å². The van der Waals surface area contributed by atoms with Crippen LogP contribution in [0.2, 0.25) is 0 Å². The largest absolute Gasteiger partial charge is 0.321 e. The van der Waals surface area contributed by atoms with Crippen LogP contribution in [0.3, 0.4) is 0 Å². The van der Waals surface area contributed by atoms with Crippen LogP contribution in [0.1, 0.15) is 16.7 Å². The lowest BCUT2D eigenvalue weighted by atomic mass is 10.1. The number of amides is 1. The van der Waals surface area contributed by atoms with Gasteiger partial charge in [-0.2, -0.15) is 5.26 Å². The van der Waals surface area contributed by atoms with E-state index in [9.17, 15) is 20.2 Å². The molecule has 8 nitrogen and oxygen atoms in total. The quantitative estimate of drug-likeness (QED) is 0.197. The van der Waals surface area contributed by atoms with E-state index >= 15 is 0 Å². The minimum atomic E-state index is -0.588. The van der Waals surface area contributed by atoms with Crippen molar-refractivity contribution >= 4 is 35.1 Å². The molecule has 1 N–H and O–H groups in total. The Bertz CT molecular complexity index is 1220. The predicted octanol–water partition coefficient (Wildman–Crippen LogP) is 4.70. The second-order valence-corrected chi connectivity index (χ2v) is 7.57. The summed E-state index contributed by atoms with van der Waals surface area (Å²) in [7, 11) is 0. The van der Waals surface area contributed by atoms with Gasteiger partial charge in [0.05, 0.1) is 9.82 Å². The van der Waals surface area contributed by atoms with E-state index in [1.165, 1.54) is 12.1 Å². The number of anilines is 1. The first-order valence-electron chi connectivity index (χ1n) is 9.11. The molecule has 0 radical (unpaired) electrons. The summed E-state index contributed by atoms with van der Waals surface area (Å²) >= 11 is 1.06. The summed E-state index contributed by atoms with van der Waals surface area (Å²) in [6.07, 6.45) is 4.42. The molecule has 3 aromatic rings. The average molecular weight is 431 g/mol. The minimum Gasteiger partial charge on any atom is -0.321 e. The number of nitrogens with zero attached hydrogens (tertiary/aromatic N) is 4. The third kappa shape index (κ3) is 5.52. The molecule has 9 heteroatoms. The number of benzene rings is 2. The van der Waals surface area contributed by atoms with Crippen LogP contribution in [0, 0.1) is 35.3 Å². The van der Waals surface area contributed by atoms with Crippen LogP contribution in [0.5, 0.6) is 0 Å². The van der Waals surface area contributed by atoms with Crippen molar-refractivity contribution < 1.29 is 9.72 Å². The van der Waals surface area contributed by atoms with Crippen LogP contribution in [-0.4, -0.2) is 20.8 Å². The minimum absolute atomic E-state index is 0.165. The molecule has 3 rings (SSSR count). The Labute approximate surface area is 182 Å². The molecule has 0 unspecified atom stereocenters. The van der Waals surface area contributed by atoms with E-state index in [1.807, 2.05) is 38.1 Å². The zero-order valence-electron chi connectivity index (χ0n) is 16.7. The van der Waals surface area contributed by atoms with E-state index in [0.29, 0.717) is 21.3 Å². The van der Waals surface area contributed by atoms with E-state index < -0.39 is 10.8 Å². The number of hydrogen-bond donors (Lipinski definition) is 1. The molecule has 154 valence electrons. The Morgan fingerprint density at radius 3 is 2.61 bits per heavy atom. The van der Waals surface area contributed by atoms with Crippen molar-refractivity contribution in [1.29, 1.82) is 5.26 Å². The second-order valence-electron chi connectivity index (χ2n) is 6.56. The van der Waals surface area contributed by atoms with Gasteiger partial charge < -0.3 is 5.32 Å². The van der Waals surface area contributed by atoms with Crippen molar-refractivity contribution in [2.45, 2.75) is 23.9 Å². The first-order valence-corrected chi connectivity index (χ1v) is 9.92. The predicted molar refractivity (Wildman–Crippen MR) is 117 cm³/mol. The molecular weight excluding hydrogens is 414 g/mol. The van der Waals surface area contributed by atoms with Crippen molar-refractivity contribution in [3.8, 4) is 6.07 Å². The van der Waals surface area contributed by atoms with Crippen molar-refractivity contribution in [1.82, 2.24) is 9.97 Å². The average Bonchev–Trinajstić information content (AvgIpc) is 2.76. The first-order chi connectivity index (χ1) is 14.9. The highest BCUT2D eigenvalue weighted by Crippen LogP contribution is 2.34. The van der Waals surface area contributed by atoms with Crippen LogP contribution in [0.4, 0.5) is 11.4 Å². The van der Waals surface area contributed by atoms with E-state index in [1.54, 1.807) is 30.6 Å². The molecule has 0 saturated heterocycles. The number of hydrogen-bond acceptors (Lipinski definition) is 7. The van der Waals surface area contributed by atoms with E-state index in [2.05, 4.69) is 15.3 Å². The number of nitrogens with one attached hydrogen (secondary N) is 1. The fraction of sp³-hybridized carbons (Fsp3) is 0.0909. The van der Waals surface area contributed by atoms with Crippen molar-refractivity contribution in [2.75, 3.05) is 5.32 Å². The number of carbonyl (C=O) groups excluding carboxylic acids is 1. The fourth-order valence-electron chi connectivity index (χ4n) is 2.67. The van der Waals surface area contributed by atoms with Crippen molar-refractivity contribution in [3.63, 3.8) is 0 Å². The van der Waals surface area contributed by atoms with Gasteiger partial charge in [0.1, 0.15) is 11.6 Å². The molecule has 2 aromatic carbocycles. The van der Waals surface area contributed by atoms with Gasteiger partial charge in [0, 0.05) is 24.1 Å². The van der Waals surface area contributed by atoms with Crippen LogP contribution >= 0.6 is 11.8 Å². The molecule has 0 aliphatic carbocycles. The molecular formula is C22H17N5O3S. The Kier molecular flexibility index (Phi) is 6.74. The summed E-state index contributed by atoms with van der Waals surface area (Å²) in [6.45, 7) is 3.75. The molecule has 0 atom stereocenters. The molecule has 0 aliphatic rings. The molecule has 1 amide bonds. The third-order valence-electron chi connectivity index (χ3n) is 4.24. The molecule has 0 fully saturated rings. The van der Waals surface area contributed by atoms with Gasteiger partial charge in [-0.3, -0.25) is 14.9 Å². The van der Waals surface area contributed by atoms with Gasteiger partial charge in [-0.25, -0.2) is 9.97 Å². The number of nitro benzene ring substituents is 1. The summed E-state index contributed by atoms with van der Waals surface area (Å²) < 4.78 is 0. The van der Waals surface area contributed by atoms with E-state index in [4.69, 9.17) is 0 Å². The van der Waals surface area contributed by atoms with Gasteiger partial charge in [0.25, 0.3) is 11.6 Å². The highest BCUT2D eigenvalue weighted by atomic mass is 32.2. The summed E-state index contributed by atoms with van der Waals surface area (Å²) in [5.41, 5.74) is 2.45. The lowest BCUT2D eigenvalue weighted by molar-refractivity contribution is -0.387. The summed E-state index contributed by atoms with van der Waals surface area (Å²) in [5, 5.41) is 24.1. The third-order valence-corrected chi connectivity index (χ3v) is 5.20. The molecule has 0 spiro atoms. The zero-order chi connectivity index (χ0) is 22.4. The topological polar surface area (TPSA) is 122 Å². The fourth-order valence-corrected chi connectivity index (χ4v) is 3.46. The van der Waals surface area contributed by atoms with Crippen LogP contribution in [0.25, 0.3) is 6.08 Å². The lowest BCUT2D eigenvalue weighted by Crippen LogP contribution is -2.14. The van der Waals surface area contributed by atoms with Crippen LogP contribution in [-0.2, 0) is 4.79 Å². The maximum atomic E-state index is 12.6. The number of aromatic nitrogens is 2. The first kappa shape index (κ1) is 21.7. The Morgan fingerprint density at radius 1 is 1.19 bits per heavy atom. The Morgan fingerprint density at radius 2 is 1.94 bits per heavy atom. The van der Waals surface area contributed by atoms with Gasteiger partial charge in [-0.15, -0.1) is 0 Å². The maximum absolute atomic E-state index is 12.6. The van der Waals surface area contributed by atoms with Crippen LogP contribution in [0.15, 0.2) is 70.5 Å². The van der Waals surface area contributed by atoms with Crippen molar-refractivity contribution in [2.24, 2.45) is 0 Å². The molecule has 1 heterocycles. The van der Waals surface area contributed by atoms with Gasteiger partial charge in [-0.05, 0) is 66.6 Å². The highest BCUT2D eigenvalue weighted by Gasteiger charge is 2.18. The van der Waals surface area contributed by atoms with Gasteiger partial charge in [-0.1, -0.05) is 18.2 Å². The standard InChI is InChI=1S/C22H17N5O3S/c1-14-4-5-15(2)18(10-14)26-21(28)17(13-23)11-16-6-7-20(19(12-16)27(29)30)31-22-24-8-3-9-25-22/h3-12H,1-2H3,(H,26,28)/b17-11-.